The van der Waals surface area contributed by atoms with Gasteiger partial charge in [0.2, 0.25) is 11.7 Å². The molecule has 3 aromatic rings. The van der Waals surface area contributed by atoms with Gasteiger partial charge in [-0.1, -0.05) is 17.7 Å². The molecule has 0 saturated carbocycles. The van der Waals surface area contributed by atoms with Crippen molar-refractivity contribution in [2.45, 2.75) is 34.6 Å². The van der Waals surface area contributed by atoms with Crippen LogP contribution in [0.1, 0.15) is 38.7 Å². The molecule has 2 amide bonds. The molecule has 0 atom stereocenters. The number of hydrogen-bond acceptors (Lipinski definition) is 5. The van der Waals surface area contributed by atoms with Crippen LogP contribution < -0.4 is 5.32 Å². The zero-order valence-corrected chi connectivity index (χ0v) is 17.0. The van der Waals surface area contributed by atoms with E-state index in [1.165, 1.54) is 9.42 Å². The van der Waals surface area contributed by atoms with E-state index in [2.05, 4.69) is 20.4 Å². The van der Waals surface area contributed by atoms with Crippen molar-refractivity contribution in [3.63, 3.8) is 0 Å². The highest BCUT2D eigenvalue weighted by Crippen LogP contribution is 2.21. The van der Waals surface area contributed by atoms with Gasteiger partial charge in [-0.15, -0.1) is 5.10 Å². The lowest BCUT2D eigenvalue weighted by atomic mass is 10.1. The monoisotopic (exact) mass is 380 g/mol. The summed E-state index contributed by atoms with van der Waals surface area (Å²) >= 11 is 0. The number of amides is 2. The van der Waals surface area contributed by atoms with E-state index in [4.69, 9.17) is 0 Å². The molecule has 8 heteroatoms. The van der Waals surface area contributed by atoms with Gasteiger partial charge in [0.25, 0.3) is 11.7 Å². The van der Waals surface area contributed by atoms with Crippen molar-refractivity contribution >= 4 is 23.3 Å². The molecule has 28 heavy (non-hydrogen) atoms. The Bertz CT molecular complexity index is 1060. The molecular formula is C20H24N6O2. The fourth-order valence-corrected chi connectivity index (χ4v) is 3.27. The number of aryl methyl sites for hydroxylation is 5. The maximum Gasteiger partial charge on any atom is 0.293 e. The zero-order valence-electron chi connectivity index (χ0n) is 17.0. The number of carbonyl (C=O) groups excluding carboxylic acids is 2. The Kier molecular flexibility index (Phi) is 5.13. The lowest BCUT2D eigenvalue weighted by Crippen LogP contribution is -2.35. The van der Waals surface area contributed by atoms with Crippen molar-refractivity contribution in [3.8, 4) is 0 Å². The van der Waals surface area contributed by atoms with E-state index >= 15 is 0 Å². The number of hydrogen-bond donors (Lipinski definition) is 1. The van der Waals surface area contributed by atoms with Crippen molar-refractivity contribution in [2.75, 3.05) is 18.9 Å². The molecule has 0 spiro atoms. The highest BCUT2D eigenvalue weighted by molar-refractivity contribution is 5.98. The van der Waals surface area contributed by atoms with Crippen LogP contribution >= 0.6 is 0 Å². The zero-order chi connectivity index (χ0) is 20.6. The summed E-state index contributed by atoms with van der Waals surface area (Å²) in [6.45, 7) is 9.53. The van der Waals surface area contributed by atoms with Gasteiger partial charge in [0, 0.05) is 24.1 Å². The Morgan fingerprint density at radius 1 is 1.04 bits per heavy atom. The van der Waals surface area contributed by atoms with Gasteiger partial charge in [-0.25, -0.2) is 9.50 Å². The van der Waals surface area contributed by atoms with Gasteiger partial charge in [0.1, 0.15) is 0 Å². The molecule has 8 nitrogen and oxygen atoms in total. The Morgan fingerprint density at radius 2 is 1.68 bits per heavy atom. The van der Waals surface area contributed by atoms with Gasteiger partial charge in [-0.3, -0.25) is 9.59 Å². The van der Waals surface area contributed by atoms with Crippen molar-refractivity contribution in [1.29, 1.82) is 0 Å². The largest absolute Gasteiger partial charge is 0.330 e. The number of fused-ring (bicyclic) bond motifs is 1. The maximum absolute atomic E-state index is 12.7. The maximum atomic E-state index is 12.7. The van der Waals surface area contributed by atoms with Crippen LogP contribution in [-0.4, -0.2) is 49.9 Å². The summed E-state index contributed by atoms with van der Waals surface area (Å²) in [6, 6.07) is 5.88. The van der Waals surface area contributed by atoms with Crippen LogP contribution in [0.2, 0.25) is 0 Å². The third kappa shape index (κ3) is 3.85. The third-order valence-corrected chi connectivity index (χ3v) is 4.48. The summed E-state index contributed by atoms with van der Waals surface area (Å²) in [5.74, 6) is -0.335. The van der Waals surface area contributed by atoms with Gasteiger partial charge in [0.15, 0.2) is 0 Å². The number of nitrogens with zero attached hydrogens (tertiary/aromatic N) is 5. The summed E-state index contributed by atoms with van der Waals surface area (Å²) in [6.07, 6.45) is 0. The van der Waals surface area contributed by atoms with Crippen LogP contribution in [0.25, 0.3) is 5.78 Å². The van der Waals surface area contributed by atoms with Gasteiger partial charge >= 0.3 is 0 Å². The lowest BCUT2D eigenvalue weighted by molar-refractivity contribution is -0.116. The second-order valence-corrected chi connectivity index (χ2v) is 7.17. The molecule has 0 bridgehead atoms. The number of nitrogens with one attached hydrogen (secondary N) is 1. The van der Waals surface area contributed by atoms with E-state index in [0.717, 1.165) is 33.8 Å². The Labute approximate surface area is 163 Å². The fraction of sp³-hybridized carbons (Fsp3) is 0.350. The van der Waals surface area contributed by atoms with E-state index < -0.39 is 5.91 Å². The average Bonchev–Trinajstić information content (AvgIpc) is 3.01. The number of benzene rings is 1. The molecule has 0 aliphatic carbocycles. The predicted molar refractivity (Wildman–Crippen MR) is 106 cm³/mol. The minimum Gasteiger partial charge on any atom is -0.330 e. The minimum absolute atomic E-state index is 0.0131. The normalized spacial score (nSPS) is 10.9. The molecule has 0 fully saturated rings. The first-order valence-electron chi connectivity index (χ1n) is 9.00. The first-order chi connectivity index (χ1) is 13.2. The minimum atomic E-state index is -0.435. The molecule has 3 rings (SSSR count). The standard InChI is InChI=1S/C20H24N6O2/c1-11-7-12(2)17(13(3)8-11)22-16(27)10-25(6)19(28)18-23-20-21-14(4)9-15(5)26(20)24-18/h7-9H,10H2,1-6H3,(H,22,27). The number of rotatable bonds is 4. The molecule has 0 unspecified atom stereocenters. The fourth-order valence-electron chi connectivity index (χ4n) is 3.27. The number of aromatic nitrogens is 4. The smallest absolute Gasteiger partial charge is 0.293 e. The van der Waals surface area contributed by atoms with E-state index in [0.29, 0.717) is 5.78 Å². The van der Waals surface area contributed by atoms with Crippen LogP contribution in [-0.2, 0) is 4.79 Å². The van der Waals surface area contributed by atoms with Crippen LogP contribution in [0.4, 0.5) is 5.69 Å². The Morgan fingerprint density at radius 3 is 2.32 bits per heavy atom. The number of likely N-dealkylation sites (N-methyl/N-ethyl adjacent to an activating group) is 1. The molecule has 0 saturated heterocycles. The van der Waals surface area contributed by atoms with E-state index in [-0.39, 0.29) is 18.3 Å². The molecule has 0 aliphatic rings. The summed E-state index contributed by atoms with van der Waals surface area (Å²) in [5, 5.41) is 7.12. The van der Waals surface area contributed by atoms with Gasteiger partial charge in [-0.05, 0) is 51.8 Å². The van der Waals surface area contributed by atoms with Crippen molar-refractivity contribution in [3.05, 3.63) is 52.1 Å². The number of carbonyl (C=O) groups is 2. The lowest BCUT2D eigenvalue weighted by Gasteiger charge is -2.17. The first-order valence-corrected chi connectivity index (χ1v) is 9.00. The van der Waals surface area contributed by atoms with Crippen molar-refractivity contribution in [1.82, 2.24) is 24.5 Å². The van der Waals surface area contributed by atoms with Crippen LogP contribution in [0.3, 0.4) is 0 Å². The average molecular weight is 380 g/mol. The van der Waals surface area contributed by atoms with Gasteiger partial charge in [0.05, 0.1) is 6.54 Å². The predicted octanol–water partition coefficient (Wildman–Crippen LogP) is 2.38. The summed E-state index contributed by atoms with van der Waals surface area (Å²) in [7, 11) is 1.55. The van der Waals surface area contributed by atoms with Crippen LogP contribution in [0.15, 0.2) is 18.2 Å². The summed E-state index contributed by atoms with van der Waals surface area (Å²) < 4.78 is 1.52. The van der Waals surface area contributed by atoms with E-state index in [1.807, 2.05) is 52.8 Å². The summed E-state index contributed by atoms with van der Waals surface area (Å²) in [5.41, 5.74) is 5.51. The molecule has 2 heterocycles. The Balaban J connectivity index is 1.74. The summed E-state index contributed by atoms with van der Waals surface area (Å²) in [4.78, 5) is 34.9. The van der Waals surface area contributed by atoms with Crippen LogP contribution in [0, 0.1) is 34.6 Å². The molecular weight excluding hydrogens is 356 g/mol. The molecule has 0 aliphatic heterocycles. The SMILES string of the molecule is Cc1cc(C)c(NC(=O)CN(C)C(=O)c2nc3nc(C)cc(C)n3n2)c(C)c1. The van der Waals surface area contributed by atoms with E-state index in [1.54, 1.807) is 7.05 Å². The molecule has 1 aromatic carbocycles. The molecule has 2 aromatic heterocycles. The third-order valence-electron chi connectivity index (χ3n) is 4.48. The quantitative estimate of drug-likeness (QED) is 0.750. The van der Waals surface area contributed by atoms with E-state index in [9.17, 15) is 9.59 Å². The number of anilines is 1. The highest BCUT2D eigenvalue weighted by atomic mass is 16.2. The van der Waals surface area contributed by atoms with Crippen molar-refractivity contribution < 1.29 is 9.59 Å². The van der Waals surface area contributed by atoms with Gasteiger partial charge in [-0.2, -0.15) is 4.98 Å². The van der Waals surface area contributed by atoms with Gasteiger partial charge < -0.3 is 10.2 Å². The topological polar surface area (TPSA) is 92.5 Å². The molecule has 146 valence electrons. The van der Waals surface area contributed by atoms with Crippen molar-refractivity contribution in [2.24, 2.45) is 0 Å². The Hall–Kier alpha value is -3.29. The first kappa shape index (κ1) is 19.5. The van der Waals surface area contributed by atoms with Crippen LogP contribution in [0.5, 0.6) is 0 Å². The second kappa shape index (κ2) is 7.38. The highest BCUT2D eigenvalue weighted by Gasteiger charge is 2.21. The second-order valence-electron chi connectivity index (χ2n) is 7.17. The molecule has 0 radical (unpaired) electrons. The molecule has 1 N–H and O–H groups in total.